The van der Waals surface area contributed by atoms with Gasteiger partial charge in [0.15, 0.2) is 0 Å². The highest BCUT2D eigenvalue weighted by Gasteiger charge is 2.20. The Kier molecular flexibility index (Phi) is 9.23. The van der Waals surface area contributed by atoms with Crippen LogP contribution in [0.4, 0.5) is 0 Å². The molecule has 0 aliphatic carbocycles. The predicted octanol–water partition coefficient (Wildman–Crippen LogP) is 17.9. The van der Waals surface area contributed by atoms with Crippen LogP contribution in [0.3, 0.4) is 0 Å². The van der Waals surface area contributed by atoms with Crippen LogP contribution in [-0.2, 0) is 0 Å². The number of fused-ring (bicyclic) bond motifs is 12. The third kappa shape index (κ3) is 6.28. The largest absolute Gasteiger partial charge is 0.309 e. The van der Waals surface area contributed by atoms with Gasteiger partial charge < -0.3 is 18.3 Å². The highest BCUT2D eigenvalue weighted by Crippen LogP contribution is 2.41. The number of rotatable bonds is 7. The highest BCUT2D eigenvalue weighted by atomic mass is 15.0. The molecule has 0 N–H and O–H groups in total. The van der Waals surface area contributed by atoms with Crippen molar-refractivity contribution in [2.75, 3.05) is 0 Å². The number of nitrogens with zero attached hydrogens (tertiary/aromatic N) is 6. The van der Waals surface area contributed by atoms with Gasteiger partial charge >= 0.3 is 0 Å². The fraction of sp³-hybridized carbons (Fsp3) is 0. The smallest absolute Gasteiger partial charge is 0.0781 e. The molecule has 16 rings (SSSR count). The molecule has 0 saturated carbocycles. The summed E-state index contributed by atoms with van der Waals surface area (Å²) in [5.41, 5.74) is 19.9. The molecule has 0 aliphatic heterocycles. The molecule has 6 aromatic heterocycles. The minimum atomic E-state index is 0.906. The summed E-state index contributed by atoms with van der Waals surface area (Å²) >= 11 is 0. The maximum absolute atomic E-state index is 5.05. The second-order valence-corrected chi connectivity index (χ2v) is 19.7. The van der Waals surface area contributed by atoms with E-state index < -0.39 is 0 Å². The van der Waals surface area contributed by atoms with E-state index in [9.17, 15) is 0 Å². The minimum absolute atomic E-state index is 0.906. The minimum Gasteiger partial charge on any atom is -0.309 e. The fourth-order valence-corrected chi connectivity index (χ4v) is 12.4. The van der Waals surface area contributed by atoms with Gasteiger partial charge in [-0.2, -0.15) is 0 Å². The van der Waals surface area contributed by atoms with Crippen LogP contribution >= 0.6 is 0 Å². The van der Waals surface area contributed by atoms with Crippen molar-refractivity contribution >= 4 is 87.2 Å². The van der Waals surface area contributed by atoms with Gasteiger partial charge in [0.2, 0.25) is 0 Å². The summed E-state index contributed by atoms with van der Waals surface area (Å²) in [7, 11) is 0. The Morgan fingerprint density at radius 2 is 0.474 bits per heavy atom. The van der Waals surface area contributed by atoms with Gasteiger partial charge in [-0.15, -0.1) is 0 Å². The molecule has 0 spiro atoms. The average molecular weight is 969 g/mol. The quantitative estimate of drug-likeness (QED) is 0.160. The molecule has 354 valence electrons. The first-order valence-corrected chi connectivity index (χ1v) is 25.9. The molecule has 0 aliphatic rings. The van der Waals surface area contributed by atoms with Crippen molar-refractivity contribution in [2.24, 2.45) is 0 Å². The molecule has 0 radical (unpaired) electrons. The molecule has 6 nitrogen and oxygen atoms in total. The third-order valence-electron chi connectivity index (χ3n) is 15.7. The third-order valence-corrected chi connectivity index (χ3v) is 15.7. The van der Waals surface area contributed by atoms with E-state index in [1.165, 1.54) is 65.2 Å². The highest BCUT2D eigenvalue weighted by molar-refractivity contribution is 6.14. The molecule has 0 fully saturated rings. The van der Waals surface area contributed by atoms with Crippen LogP contribution in [0.5, 0.6) is 0 Å². The second-order valence-electron chi connectivity index (χ2n) is 19.7. The van der Waals surface area contributed by atoms with E-state index in [0.717, 1.165) is 78.5 Å². The van der Waals surface area contributed by atoms with Crippen LogP contribution in [0.25, 0.3) is 144 Å². The first kappa shape index (κ1) is 42.2. The van der Waals surface area contributed by atoms with Gasteiger partial charge in [0.1, 0.15) is 0 Å². The van der Waals surface area contributed by atoms with E-state index in [4.69, 9.17) is 9.97 Å². The van der Waals surface area contributed by atoms with Crippen molar-refractivity contribution in [1.82, 2.24) is 28.2 Å². The molecule has 16 aromatic rings. The summed E-state index contributed by atoms with van der Waals surface area (Å²) < 4.78 is 9.56. The zero-order valence-electron chi connectivity index (χ0n) is 41.1. The van der Waals surface area contributed by atoms with Gasteiger partial charge in [0.05, 0.1) is 55.5 Å². The van der Waals surface area contributed by atoms with Gasteiger partial charge in [-0.1, -0.05) is 146 Å². The zero-order valence-corrected chi connectivity index (χ0v) is 41.1. The van der Waals surface area contributed by atoms with Crippen molar-refractivity contribution in [3.63, 3.8) is 0 Å². The topological polar surface area (TPSA) is 45.5 Å². The van der Waals surface area contributed by atoms with Gasteiger partial charge in [0.25, 0.3) is 0 Å². The summed E-state index contributed by atoms with van der Waals surface area (Å²) in [6, 6.07) is 92.2. The molecular formula is C70H44N6. The maximum atomic E-state index is 5.05. The lowest BCUT2D eigenvalue weighted by atomic mass is 9.95. The Balaban J connectivity index is 0.749. The lowest BCUT2D eigenvalue weighted by Gasteiger charge is -2.15. The molecule has 6 heteroatoms. The Labute approximate surface area is 436 Å². The standard InChI is InChI=1S/C70H44N6/c1-7-23-61-51(15-1)52-16-2-8-24-62(52)75(61)49-37-39-67-59(43-49)55-19-5-11-27-65(55)73(67)47-33-29-45(30-34-47)69-57(21-13-41-71-69)58-22-14-42-72-70(58)46-31-35-48(36-32-46)74-66-28-12-6-20-56(66)60-44-50(38-40-68(60)74)76-63-25-9-3-17-53(63)54-18-4-10-26-64(54)76/h1-44H. The predicted molar refractivity (Wildman–Crippen MR) is 316 cm³/mol. The number of para-hydroxylation sites is 6. The van der Waals surface area contributed by atoms with E-state index in [1.54, 1.807) is 0 Å². The van der Waals surface area contributed by atoms with E-state index in [1.807, 2.05) is 24.5 Å². The van der Waals surface area contributed by atoms with Crippen molar-refractivity contribution < 1.29 is 0 Å². The van der Waals surface area contributed by atoms with Gasteiger partial charge in [-0.3, -0.25) is 9.97 Å². The molecular weight excluding hydrogens is 925 g/mol. The summed E-state index contributed by atoms with van der Waals surface area (Å²) in [6.07, 6.45) is 3.77. The second kappa shape index (κ2) is 16.6. The van der Waals surface area contributed by atoms with Gasteiger partial charge in [0, 0.05) is 100 Å². The summed E-state index contributed by atoms with van der Waals surface area (Å²) in [4.78, 5) is 10.1. The molecule has 76 heavy (non-hydrogen) atoms. The van der Waals surface area contributed by atoms with Crippen molar-refractivity contribution in [2.45, 2.75) is 0 Å². The van der Waals surface area contributed by atoms with Gasteiger partial charge in [-0.25, -0.2) is 0 Å². The number of benzene rings is 10. The van der Waals surface area contributed by atoms with Crippen molar-refractivity contribution in [3.05, 3.63) is 267 Å². The molecule has 0 bridgehead atoms. The summed E-state index contributed by atoms with van der Waals surface area (Å²) in [6.45, 7) is 0. The number of hydrogen-bond donors (Lipinski definition) is 0. The SMILES string of the molecule is c1cnc(-c2ccc(-n3c4ccccc4c4cc(-n5c6ccccc6c6ccccc65)ccc43)cc2)c(-c2cccnc2-c2ccc(-n3c4ccccc4c4cc(-n5c6ccccc6c6ccccc65)ccc43)cc2)c1. The van der Waals surface area contributed by atoms with Crippen LogP contribution in [-0.4, -0.2) is 28.2 Å². The lowest BCUT2D eigenvalue weighted by Crippen LogP contribution is -1.97. The first-order valence-electron chi connectivity index (χ1n) is 25.9. The zero-order chi connectivity index (χ0) is 49.8. The molecule has 0 atom stereocenters. The molecule has 10 aromatic carbocycles. The Morgan fingerprint density at radius 3 is 0.803 bits per heavy atom. The maximum Gasteiger partial charge on any atom is 0.0781 e. The average Bonchev–Trinajstić information content (AvgIpc) is 4.23. The van der Waals surface area contributed by atoms with Crippen LogP contribution in [0.2, 0.25) is 0 Å². The summed E-state index contributed by atoms with van der Waals surface area (Å²) in [5.74, 6) is 0. The van der Waals surface area contributed by atoms with Crippen LogP contribution in [0.1, 0.15) is 0 Å². The van der Waals surface area contributed by atoms with Crippen LogP contribution in [0, 0.1) is 0 Å². The Bertz CT molecular complexity index is 4570. The van der Waals surface area contributed by atoms with Gasteiger partial charge in [-0.05, 0) is 109 Å². The van der Waals surface area contributed by atoms with E-state index >= 15 is 0 Å². The monoisotopic (exact) mass is 968 g/mol. The molecule has 6 heterocycles. The number of aromatic nitrogens is 6. The summed E-state index contributed by atoms with van der Waals surface area (Å²) in [5, 5.41) is 9.89. The first-order chi connectivity index (χ1) is 37.7. The fourth-order valence-electron chi connectivity index (χ4n) is 12.4. The number of pyridine rings is 2. The lowest BCUT2D eigenvalue weighted by molar-refractivity contribution is 1.16. The number of hydrogen-bond acceptors (Lipinski definition) is 2. The Hall–Kier alpha value is -10.3. The van der Waals surface area contributed by atoms with Crippen LogP contribution in [0.15, 0.2) is 267 Å². The normalized spacial score (nSPS) is 11.9. The van der Waals surface area contributed by atoms with E-state index in [-0.39, 0.29) is 0 Å². The molecule has 0 amide bonds. The van der Waals surface area contributed by atoms with Crippen molar-refractivity contribution in [1.29, 1.82) is 0 Å². The van der Waals surface area contributed by atoms with Crippen LogP contribution < -0.4 is 0 Å². The van der Waals surface area contributed by atoms with E-state index in [2.05, 4.69) is 261 Å². The molecule has 0 unspecified atom stereocenters. The molecule has 0 saturated heterocycles. The van der Waals surface area contributed by atoms with E-state index in [0.29, 0.717) is 0 Å². The Morgan fingerprint density at radius 1 is 0.211 bits per heavy atom. The van der Waals surface area contributed by atoms with Crippen molar-refractivity contribution in [3.8, 4) is 56.4 Å².